The van der Waals surface area contributed by atoms with Crippen LogP contribution in [0.5, 0.6) is 0 Å². The summed E-state index contributed by atoms with van der Waals surface area (Å²) in [5.74, 6) is -0.844. The van der Waals surface area contributed by atoms with E-state index in [4.69, 9.17) is 25.1 Å². The van der Waals surface area contributed by atoms with Gasteiger partial charge in [0.15, 0.2) is 0 Å². The minimum absolute atomic E-state index is 0.00668. The van der Waals surface area contributed by atoms with Crippen LogP contribution < -0.4 is 11.1 Å². The first-order valence-corrected chi connectivity index (χ1v) is 6.63. The fraction of sp³-hybridized carbons (Fsp3) is 0.917. The van der Waals surface area contributed by atoms with E-state index in [-0.39, 0.29) is 6.54 Å². The van der Waals surface area contributed by atoms with Crippen LogP contribution in [0.4, 0.5) is 0 Å². The fourth-order valence-corrected chi connectivity index (χ4v) is 1.22. The lowest BCUT2D eigenvalue weighted by Gasteiger charge is -2.06. The van der Waals surface area contributed by atoms with E-state index in [0.717, 1.165) is 12.8 Å². The Morgan fingerprint density at radius 1 is 0.947 bits per heavy atom. The summed E-state index contributed by atoms with van der Waals surface area (Å²) in [7, 11) is 0. The summed E-state index contributed by atoms with van der Waals surface area (Å²) < 4.78 is 15.9. The minimum atomic E-state index is -0.844. The largest absolute Gasteiger partial charge is 0.480 e. The fourth-order valence-electron chi connectivity index (χ4n) is 1.22. The molecule has 0 aromatic carbocycles. The molecule has 0 aromatic rings. The Labute approximate surface area is 114 Å². The lowest BCUT2D eigenvalue weighted by molar-refractivity contribution is -0.135. The van der Waals surface area contributed by atoms with Crippen LogP contribution in [-0.2, 0) is 19.0 Å². The van der Waals surface area contributed by atoms with Gasteiger partial charge in [0.2, 0.25) is 0 Å². The van der Waals surface area contributed by atoms with Gasteiger partial charge < -0.3 is 30.4 Å². The first-order valence-electron chi connectivity index (χ1n) is 6.63. The first kappa shape index (κ1) is 18.3. The summed E-state index contributed by atoms with van der Waals surface area (Å²) in [6.07, 6.45) is 1.66. The number of nitrogens with two attached hydrogens (primary N) is 1. The molecule has 0 saturated heterocycles. The molecule has 0 aromatic heterocycles. The van der Waals surface area contributed by atoms with Crippen LogP contribution >= 0.6 is 0 Å². The molecule has 7 nitrogen and oxygen atoms in total. The van der Waals surface area contributed by atoms with Crippen LogP contribution in [0.15, 0.2) is 0 Å². The van der Waals surface area contributed by atoms with Crippen LogP contribution in [0.2, 0.25) is 0 Å². The van der Waals surface area contributed by atoms with E-state index in [9.17, 15) is 4.79 Å². The summed E-state index contributed by atoms with van der Waals surface area (Å²) in [6.45, 7) is 4.80. The molecule has 0 amide bonds. The van der Waals surface area contributed by atoms with E-state index in [1.54, 1.807) is 0 Å². The van der Waals surface area contributed by atoms with E-state index in [1.165, 1.54) is 0 Å². The second-order valence-electron chi connectivity index (χ2n) is 3.90. The zero-order valence-electron chi connectivity index (χ0n) is 11.4. The number of nitrogens with one attached hydrogen (secondary N) is 1. The summed E-state index contributed by atoms with van der Waals surface area (Å²) in [6, 6.07) is 0. The molecule has 0 aliphatic carbocycles. The first-order chi connectivity index (χ1) is 9.27. The van der Waals surface area contributed by atoms with E-state index in [0.29, 0.717) is 52.7 Å². The second-order valence-corrected chi connectivity index (χ2v) is 3.90. The van der Waals surface area contributed by atoms with Crippen molar-refractivity contribution in [3.8, 4) is 0 Å². The molecular formula is C12H26N2O5. The number of hydrogen-bond donors (Lipinski definition) is 3. The average Bonchev–Trinajstić information content (AvgIpc) is 2.39. The van der Waals surface area contributed by atoms with Crippen molar-refractivity contribution in [2.75, 3.05) is 59.3 Å². The summed E-state index contributed by atoms with van der Waals surface area (Å²) in [5, 5.41) is 11.2. The smallest absolute Gasteiger partial charge is 0.317 e. The van der Waals surface area contributed by atoms with E-state index >= 15 is 0 Å². The van der Waals surface area contributed by atoms with Gasteiger partial charge in [-0.25, -0.2) is 0 Å². The molecule has 114 valence electrons. The maximum Gasteiger partial charge on any atom is 0.317 e. The lowest BCUT2D eigenvalue weighted by atomic mass is 10.4. The van der Waals surface area contributed by atoms with Crippen molar-refractivity contribution in [3.05, 3.63) is 0 Å². The quantitative estimate of drug-likeness (QED) is 0.345. The number of rotatable bonds is 15. The van der Waals surface area contributed by atoms with Crippen molar-refractivity contribution >= 4 is 5.97 Å². The van der Waals surface area contributed by atoms with Crippen molar-refractivity contribution < 1.29 is 24.1 Å². The highest BCUT2D eigenvalue weighted by Crippen LogP contribution is 1.85. The van der Waals surface area contributed by atoms with Gasteiger partial charge >= 0.3 is 5.97 Å². The number of hydrogen-bond acceptors (Lipinski definition) is 6. The molecule has 0 heterocycles. The van der Waals surface area contributed by atoms with Gasteiger partial charge in [-0.3, -0.25) is 4.79 Å². The Hall–Kier alpha value is -0.730. The molecule has 0 radical (unpaired) electrons. The van der Waals surface area contributed by atoms with Crippen molar-refractivity contribution in [3.63, 3.8) is 0 Å². The number of carbonyl (C=O) groups is 1. The van der Waals surface area contributed by atoms with Gasteiger partial charge in [-0.2, -0.15) is 0 Å². The van der Waals surface area contributed by atoms with Crippen molar-refractivity contribution in [1.29, 1.82) is 0 Å². The number of carboxylic acid groups (broad SMARTS) is 1. The molecule has 7 heteroatoms. The maximum absolute atomic E-state index is 10.2. The third-order valence-corrected chi connectivity index (χ3v) is 2.16. The standard InChI is InChI=1S/C12H26N2O5/c13-3-1-5-17-7-9-19-10-8-18-6-2-4-14-11-12(15)16/h14H,1-11,13H2,(H,15,16). The number of ether oxygens (including phenoxy) is 3. The third kappa shape index (κ3) is 17.3. The molecule has 0 fully saturated rings. The molecule has 0 unspecified atom stereocenters. The molecule has 0 atom stereocenters. The summed E-state index contributed by atoms with van der Waals surface area (Å²) in [4.78, 5) is 10.2. The number of aliphatic carboxylic acids is 1. The van der Waals surface area contributed by atoms with E-state index in [1.807, 2.05) is 0 Å². The van der Waals surface area contributed by atoms with Gasteiger partial charge in [-0.15, -0.1) is 0 Å². The highest BCUT2D eigenvalue weighted by atomic mass is 16.5. The van der Waals surface area contributed by atoms with Gasteiger partial charge in [0, 0.05) is 13.2 Å². The summed E-state index contributed by atoms with van der Waals surface area (Å²) in [5.41, 5.74) is 5.32. The molecule has 4 N–H and O–H groups in total. The highest BCUT2D eigenvalue weighted by Gasteiger charge is 1.95. The van der Waals surface area contributed by atoms with Crippen molar-refractivity contribution in [2.24, 2.45) is 5.73 Å². The van der Waals surface area contributed by atoms with Gasteiger partial charge in [0.05, 0.1) is 33.0 Å². The normalized spacial score (nSPS) is 10.8. The van der Waals surface area contributed by atoms with Crippen molar-refractivity contribution in [2.45, 2.75) is 12.8 Å². The van der Waals surface area contributed by atoms with Gasteiger partial charge in [-0.1, -0.05) is 0 Å². The third-order valence-electron chi connectivity index (χ3n) is 2.16. The Bertz CT molecular complexity index is 205. The Morgan fingerprint density at radius 3 is 2.00 bits per heavy atom. The molecule has 0 spiro atoms. The van der Waals surface area contributed by atoms with Crippen LogP contribution in [0, 0.1) is 0 Å². The SMILES string of the molecule is NCCCOCCOCCOCCCNCC(=O)O. The summed E-state index contributed by atoms with van der Waals surface area (Å²) >= 11 is 0. The zero-order chi connectivity index (χ0) is 14.2. The molecule has 0 aliphatic heterocycles. The Kier molecular flexibility index (Phi) is 14.7. The number of carboxylic acids is 1. The maximum atomic E-state index is 10.2. The van der Waals surface area contributed by atoms with Crippen LogP contribution in [0.25, 0.3) is 0 Å². The average molecular weight is 278 g/mol. The molecule has 19 heavy (non-hydrogen) atoms. The van der Waals surface area contributed by atoms with Crippen LogP contribution in [-0.4, -0.2) is 70.4 Å². The van der Waals surface area contributed by atoms with Gasteiger partial charge in [0.1, 0.15) is 0 Å². The van der Waals surface area contributed by atoms with E-state index in [2.05, 4.69) is 5.32 Å². The zero-order valence-corrected chi connectivity index (χ0v) is 11.4. The highest BCUT2D eigenvalue weighted by molar-refractivity contribution is 5.68. The van der Waals surface area contributed by atoms with Gasteiger partial charge in [-0.05, 0) is 25.9 Å². The van der Waals surface area contributed by atoms with Crippen LogP contribution in [0.3, 0.4) is 0 Å². The monoisotopic (exact) mass is 278 g/mol. The lowest BCUT2D eigenvalue weighted by Crippen LogP contribution is -2.24. The topological polar surface area (TPSA) is 103 Å². The Balaban J connectivity index is 2.93. The predicted octanol–water partition coefficient (Wildman–Crippen LogP) is -0.551. The molecule has 0 saturated carbocycles. The molecular weight excluding hydrogens is 252 g/mol. The minimum Gasteiger partial charge on any atom is -0.480 e. The second kappa shape index (κ2) is 15.3. The van der Waals surface area contributed by atoms with Crippen molar-refractivity contribution in [1.82, 2.24) is 5.32 Å². The van der Waals surface area contributed by atoms with E-state index < -0.39 is 5.97 Å². The molecule has 0 aliphatic rings. The van der Waals surface area contributed by atoms with Crippen LogP contribution in [0.1, 0.15) is 12.8 Å². The Morgan fingerprint density at radius 2 is 1.47 bits per heavy atom. The molecule has 0 rings (SSSR count). The van der Waals surface area contributed by atoms with Gasteiger partial charge in [0.25, 0.3) is 0 Å². The molecule has 0 bridgehead atoms. The predicted molar refractivity (Wildman–Crippen MR) is 71.3 cm³/mol.